The van der Waals surface area contributed by atoms with Gasteiger partial charge in [-0.15, -0.1) is 0 Å². The van der Waals surface area contributed by atoms with Crippen molar-refractivity contribution in [3.63, 3.8) is 0 Å². The van der Waals surface area contributed by atoms with Gasteiger partial charge in [-0.2, -0.15) is 0 Å². The lowest BCUT2D eigenvalue weighted by molar-refractivity contribution is 0.425. The van der Waals surface area contributed by atoms with Crippen molar-refractivity contribution >= 4 is 47.8 Å². The molecule has 0 aliphatic rings. The van der Waals surface area contributed by atoms with Crippen LogP contribution in [0.15, 0.2) is 103 Å². The van der Waals surface area contributed by atoms with E-state index in [-0.39, 0.29) is 10.9 Å². The largest absolute Gasteiger partial charge is 0.488 e. The van der Waals surface area contributed by atoms with Gasteiger partial charge in [-0.25, -0.2) is 0 Å². The second kappa shape index (κ2) is 26.5. The topological polar surface area (TPSA) is 209 Å². The monoisotopic (exact) mass is 886 g/mol. The molecule has 0 heterocycles. The molecule has 57 heavy (non-hydrogen) atoms. The Hall–Kier alpha value is -3.44. The predicted molar refractivity (Wildman–Crippen MR) is 249 cm³/mol. The smallest absolute Gasteiger partial charge is 0.423 e. The molecule has 5 rings (SSSR count). The molecular formula is C44H61B2IN6O4. The van der Waals surface area contributed by atoms with Crippen molar-refractivity contribution < 1.29 is 20.1 Å². The third-order valence-corrected chi connectivity index (χ3v) is 9.84. The van der Waals surface area contributed by atoms with Crippen molar-refractivity contribution in [1.29, 1.82) is 0 Å². The number of rotatable bonds is 18. The van der Waals surface area contributed by atoms with Crippen LogP contribution in [0.3, 0.4) is 0 Å². The quantitative estimate of drug-likeness (QED) is 0.0457. The molecule has 0 bridgehead atoms. The normalized spacial score (nSPS) is 10.6. The first-order chi connectivity index (χ1) is 27.5. The Morgan fingerprint density at radius 2 is 0.772 bits per heavy atom. The predicted octanol–water partition coefficient (Wildman–Crippen LogP) is 1.89. The van der Waals surface area contributed by atoms with E-state index in [1.807, 2.05) is 14.1 Å². The van der Waals surface area contributed by atoms with Gasteiger partial charge < -0.3 is 53.7 Å². The van der Waals surface area contributed by atoms with Crippen LogP contribution in [0.25, 0.3) is 22.3 Å². The van der Waals surface area contributed by atoms with Crippen LogP contribution in [0.4, 0.5) is 0 Å². The van der Waals surface area contributed by atoms with E-state index in [2.05, 4.69) is 112 Å². The molecule has 0 saturated carbocycles. The molecule has 0 aliphatic carbocycles. The molecule has 14 N–H and O–H groups in total. The molecule has 10 nitrogen and oxygen atoms in total. The highest BCUT2D eigenvalue weighted by molar-refractivity contribution is 14.1. The molecule has 5 aromatic rings. The van der Waals surface area contributed by atoms with E-state index in [0.29, 0.717) is 26.2 Å². The molecule has 0 atom stereocenters. The third kappa shape index (κ3) is 17.1. The van der Waals surface area contributed by atoms with Gasteiger partial charge in [-0.3, -0.25) is 0 Å². The van der Waals surface area contributed by atoms with E-state index in [0.717, 1.165) is 51.6 Å². The fourth-order valence-corrected chi connectivity index (χ4v) is 7.21. The first kappa shape index (κ1) is 47.9. The minimum absolute atomic E-state index is 0.237. The van der Waals surface area contributed by atoms with Crippen LogP contribution in [0.2, 0.25) is 0 Å². The number of nitrogens with two attached hydrogens (primary N) is 4. The van der Waals surface area contributed by atoms with E-state index in [4.69, 9.17) is 43.0 Å². The number of hydrogen-bond acceptors (Lipinski definition) is 10. The fourth-order valence-electron chi connectivity index (χ4n) is 6.41. The second-order valence-electron chi connectivity index (χ2n) is 13.9. The molecule has 0 unspecified atom stereocenters. The lowest BCUT2D eigenvalue weighted by Gasteiger charge is -2.13. The number of hydrogen-bond donors (Lipinski definition) is 10. The summed E-state index contributed by atoms with van der Waals surface area (Å²) in [4.78, 5) is 0. The Balaban J connectivity index is 0.000000267. The first-order valence-corrected chi connectivity index (χ1v) is 20.7. The van der Waals surface area contributed by atoms with Crippen molar-refractivity contribution in [2.75, 3.05) is 53.4 Å². The van der Waals surface area contributed by atoms with E-state index < -0.39 is 14.2 Å². The summed E-state index contributed by atoms with van der Waals surface area (Å²) in [6.07, 6.45) is 5.70. The van der Waals surface area contributed by atoms with Crippen LogP contribution in [-0.2, 0) is 38.5 Å². The highest BCUT2D eigenvalue weighted by Gasteiger charge is 2.16. The number of likely N-dealkylation sites (N-methyl/N-ethyl adjacent to an activating group) is 2. The van der Waals surface area contributed by atoms with Gasteiger partial charge in [0.25, 0.3) is 0 Å². The summed E-state index contributed by atoms with van der Waals surface area (Å²) in [5.41, 5.74) is 36.5. The average molecular weight is 887 g/mol. The Labute approximate surface area is 353 Å². The van der Waals surface area contributed by atoms with Crippen LogP contribution in [0.1, 0.15) is 33.4 Å². The molecule has 5 aromatic carbocycles. The van der Waals surface area contributed by atoms with E-state index in [1.165, 1.54) is 83.5 Å². The third-order valence-electron chi connectivity index (χ3n) is 9.22. The molecule has 0 aromatic heterocycles. The van der Waals surface area contributed by atoms with E-state index >= 15 is 0 Å². The summed E-state index contributed by atoms with van der Waals surface area (Å²) >= 11 is 2.39. The molecule has 0 saturated heterocycles. The highest BCUT2D eigenvalue weighted by Crippen LogP contribution is 2.30. The molecule has 0 amide bonds. The second-order valence-corrected chi connectivity index (χ2v) is 15.1. The lowest BCUT2D eigenvalue weighted by Crippen LogP contribution is -2.37. The summed E-state index contributed by atoms with van der Waals surface area (Å²) in [6, 6.07) is 34.8. The summed E-state index contributed by atoms with van der Waals surface area (Å²) in [5.74, 6) is 0. The zero-order valence-corrected chi connectivity index (χ0v) is 35.6. The van der Waals surface area contributed by atoms with Crippen LogP contribution < -0.4 is 44.5 Å². The molecule has 304 valence electrons. The van der Waals surface area contributed by atoms with Crippen molar-refractivity contribution in [1.82, 2.24) is 10.6 Å². The summed E-state index contributed by atoms with van der Waals surface area (Å²) in [5, 5.41) is 41.3. The zero-order chi connectivity index (χ0) is 41.6. The van der Waals surface area contributed by atoms with Gasteiger partial charge in [0.15, 0.2) is 0 Å². The van der Waals surface area contributed by atoms with Gasteiger partial charge in [0.1, 0.15) is 0 Å². The van der Waals surface area contributed by atoms with Crippen molar-refractivity contribution in [2.24, 2.45) is 22.9 Å². The SMILES string of the molecule is CNCCc1cc(I)cc(CCNC)c1.NCCc1cc(CCN)cc(-c2cccc(-c3cc(CCN)cc(CCN)c3)c2)c1.OB(O)c1cccc(B(O)O)c1. The minimum Gasteiger partial charge on any atom is -0.423 e. The van der Waals surface area contributed by atoms with Gasteiger partial charge in [0.2, 0.25) is 0 Å². The number of nitrogens with one attached hydrogen (secondary N) is 2. The molecule has 0 fully saturated rings. The van der Waals surface area contributed by atoms with E-state index in [1.54, 1.807) is 0 Å². The molecule has 13 heteroatoms. The minimum atomic E-state index is -1.58. The Morgan fingerprint density at radius 1 is 0.439 bits per heavy atom. The maximum atomic E-state index is 8.72. The van der Waals surface area contributed by atoms with Gasteiger partial charge >= 0.3 is 14.2 Å². The maximum absolute atomic E-state index is 8.72. The molecule has 0 aliphatic heterocycles. The number of benzene rings is 5. The Morgan fingerprint density at radius 3 is 1.09 bits per heavy atom. The number of halogens is 1. The summed E-state index contributed by atoms with van der Waals surface area (Å²) in [7, 11) is 0.832. The average Bonchev–Trinajstić information content (AvgIpc) is 3.20. The van der Waals surface area contributed by atoms with Gasteiger partial charge in [0.05, 0.1) is 0 Å². The van der Waals surface area contributed by atoms with Crippen LogP contribution in [-0.4, -0.2) is 87.7 Å². The molecular weight excluding hydrogens is 825 g/mol. The summed E-state index contributed by atoms with van der Waals surface area (Å²) < 4.78 is 1.34. The molecule has 0 spiro atoms. The van der Waals surface area contributed by atoms with Crippen LogP contribution in [0.5, 0.6) is 0 Å². The van der Waals surface area contributed by atoms with Gasteiger partial charge in [0, 0.05) is 3.57 Å². The summed E-state index contributed by atoms with van der Waals surface area (Å²) in [6.45, 7) is 4.66. The van der Waals surface area contributed by atoms with Crippen molar-refractivity contribution in [2.45, 2.75) is 38.5 Å². The van der Waals surface area contributed by atoms with Gasteiger partial charge in [-0.05, 0) is 199 Å². The van der Waals surface area contributed by atoms with Gasteiger partial charge in [-0.1, -0.05) is 84.9 Å². The van der Waals surface area contributed by atoms with Crippen molar-refractivity contribution in [3.05, 3.63) is 140 Å². The van der Waals surface area contributed by atoms with E-state index in [9.17, 15) is 0 Å². The maximum Gasteiger partial charge on any atom is 0.488 e. The highest BCUT2D eigenvalue weighted by atomic mass is 127. The van der Waals surface area contributed by atoms with Crippen molar-refractivity contribution in [3.8, 4) is 22.3 Å². The van der Waals surface area contributed by atoms with Crippen LogP contribution in [0, 0.1) is 3.57 Å². The molecule has 0 radical (unpaired) electrons. The Bertz CT molecular complexity index is 1760. The fraction of sp³-hybridized carbons (Fsp3) is 0.318. The standard InChI is InChI=1S/C26H34N4.C12H19IN2.C6H8B2O4/c27-8-4-19-12-20(5-9-28)15-25(14-19)23-2-1-3-24(18-23)26-16-21(6-10-29)13-22(17-26)7-11-30;1-14-5-3-10-7-11(4-6-15-2)9-12(13)8-10;9-7(10)5-2-1-3-6(4-5)8(11)12/h1-3,12-18H,4-11,27-30H2;7-9,14-15H,3-6H2,1-2H3;1-4,9-12H. The Kier molecular flexibility index (Phi) is 22.3. The first-order valence-electron chi connectivity index (χ1n) is 19.6. The van der Waals surface area contributed by atoms with Crippen LogP contribution >= 0.6 is 22.6 Å². The zero-order valence-electron chi connectivity index (χ0n) is 33.4. The lowest BCUT2D eigenvalue weighted by atomic mass is 9.73.